The van der Waals surface area contributed by atoms with Crippen molar-refractivity contribution in [2.45, 2.75) is 38.6 Å². The van der Waals surface area contributed by atoms with Gasteiger partial charge in [0.15, 0.2) is 0 Å². The molecule has 1 aliphatic heterocycles. The first kappa shape index (κ1) is 8.52. The lowest BCUT2D eigenvalue weighted by atomic mass is 9.74. The number of rotatable bonds is 0. The fourth-order valence-electron chi connectivity index (χ4n) is 2.97. The van der Waals surface area contributed by atoms with Crippen LogP contribution in [-0.4, -0.2) is 19.1 Å². The molecule has 3 N–H and O–H groups in total. The summed E-state index contributed by atoms with van der Waals surface area (Å²) in [6, 6.07) is 0.472. The van der Waals surface area contributed by atoms with Crippen LogP contribution in [0.3, 0.4) is 0 Å². The molecule has 0 aromatic carbocycles. The molecule has 1 saturated carbocycles. The second kappa shape index (κ2) is 3.00. The van der Waals surface area contributed by atoms with Gasteiger partial charge < -0.3 is 11.1 Å². The van der Waals surface area contributed by atoms with Crippen LogP contribution in [-0.2, 0) is 0 Å². The average molecular weight is 168 g/mol. The van der Waals surface area contributed by atoms with Crippen molar-refractivity contribution in [2.24, 2.45) is 17.1 Å². The zero-order valence-corrected chi connectivity index (χ0v) is 7.97. The van der Waals surface area contributed by atoms with E-state index in [1.807, 2.05) is 0 Å². The van der Waals surface area contributed by atoms with Gasteiger partial charge in [0.1, 0.15) is 0 Å². The van der Waals surface area contributed by atoms with E-state index in [4.69, 9.17) is 5.73 Å². The van der Waals surface area contributed by atoms with E-state index in [-0.39, 0.29) is 0 Å². The summed E-state index contributed by atoms with van der Waals surface area (Å²) in [4.78, 5) is 0. The van der Waals surface area contributed by atoms with Crippen LogP contribution in [0, 0.1) is 11.3 Å². The van der Waals surface area contributed by atoms with Gasteiger partial charge in [-0.05, 0) is 50.1 Å². The Kier molecular flexibility index (Phi) is 2.13. The van der Waals surface area contributed by atoms with Crippen molar-refractivity contribution in [1.82, 2.24) is 5.32 Å². The predicted octanol–water partition coefficient (Wildman–Crippen LogP) is 1.11. The molecule has 1 unspecified atom stereocenters. The van der Waals surface area contributed by atoms with Gasteiger partial charge in [0.2, 0.25) is 0 Å². The number of piperidine rings is 1. The quantitative estimate of drug-likeness (QED) is 0.568. The maximum Gasteiger partial charge on any atom is 0.0122 e. The van der Waals surface area contributed by atoms with Crippen molar-refractivity contribution >= 4 is 0 Å². The van der Waals surface area contributed by atoms with Gasteiger partial charge >= 0.3 is 0 Å². The van der Waals surface area contributed by atoms with Gasteiger partial charge in [-0.15, -0.1) is 0 Å². The zero-order chi connectivity index (χ0) is 8.60. The van der Waals surface area contributed by atoms with Gasteiger partial charge in [-0.1, -0.05) is 6.92 Å². The summed E-state index contributed by atoms with van der Waals surface area (Å²) in [6.07, 6.45) is 5.33. The molecule has 2 nitrogen and oxygen atoms in total. The summed E-state index contributed by atoms with van der Waals surface area (Å²) in [5.74, 6) is 0.753. The molecule has 0 amide bonds. The summed E-state index contributed by atoms with van der Waals surface area (Å²) in [7, 11) is 0. The Bertz CT molecular complexity index is 156. The highest BCUT2D eigenvalue weighted by atomic mass is 14.9. The largest absolute Gasteiger partial charge is 0.327 e. The predicted molar refractivity (Wildman–Crippen MR) is 50.9 cm³/mol. The van der Waals surface area contributed by atoms with Gasteiger partial charge in [-0.2, -0.15) is 0 Å². The van der Waals surface area contributed by atoms with E-state index in [2.05, 4.69) is 12.2 Å². The van der Waals surface area contributed by atoms with Gasteiger partial charge in [-0.3, -0.25) is 0 Å². The Morgan fingerprint density at radius 1 is 1.25 bits per heavy atom. The highest BCUT2D eigenvalue weighted by Crippen LogP contribution is 2.46. The Morgan fingerprint density at radius 3 is 2.42 bits per heavy atom. The van der Waals surface area contributed by atoms with Crippen LogP contribution < -0.4 is 11.1 Å². The van der Waals surface area contributed by atoms with Gasteiger partial charge in [0, 0.05) is 6.04 Å². The van der Waals surface area contributed by atoms with Crippen LogP contribution in [0.5, 0.6) is 0 Å². The Balaban J connectivity index is 2.09. The van der Waals surface area contributed by atoms with E-state index in [0.717, 1.165) is 5.92 Å². The third-order valence-corrected chi connectivity index (χ3v) is 4.02. The molecule has 0 aromatic rings. The van der Waals surface area contributed by atoms with E-state index in [1.165, 1.54) is 38.8 Å². The number of hydrogen-bond donors (Lipinski definition) is 2. The molecule has 2 aliphatic rings. The second-order valence-electron chi connectivity index (χ2n) is 4.65. The minimum Gasteiger partial charge on any atom is -0.327 e. The third kappa shape index (κ3) is 1.17. The Hall–Kier alpha value is -0.0800. The molecule has 2 atom stereocenters. The molecule has 1 heterocycles. The molecule has 1 spiro atoms. The Labute approximate surface area is 74.9 Å². The lowest BCUT2D eigenvalue weighted by Gasteiger charge is -2.38. The minimum atomic E-state index is 0.472. The van der Waals surface area contributed by atoms with E-state index in [9.17, 15) is 0 Å². The van der Waals surface area contributed by atoms with Gasteiger partial charge in [0.05, 0.1) is 0 Å². The van der Waals surface area contributed by atoms with Crippen LogP contribution in [0.25, 0.3) is 0 Å². The van der Waals surface area contributed by atoms with Crippen LogP contribution in [0.4, 0.5) is 0 Å². The molecule has 0 aromatic heterocycles. The summed E-state index contributed by atoms with van der Waals surface area (Å²) >= 11 is 0. The molecular weight excluding hydrogens is 148 g/mol. The first-order valence-electron chi connectivity index (χ1n) is 5.21. The number of hydrogen-bond acceptors (Lipinski definition) is 2. The maximum atomic E-state index is 6.26. The molecule has 0 bridgehead atoms. The number of nitrogens with two attached hydrogens (primary N) is 1. The molecule has 1 saturated heterocycles. The van der Waals surface area contributed by atoms with Crippen molar-refractivity contribution in [3.63, 3.8) is 0 Å². The Morgan fingerprint density at radius 2 is 1.92 bits per heavy atom. The third-order valence-electron chi connectivity index (χ3n) is 4.02. The molecule has 12 heavy (non-hydrogen) atoms. The average Bonchev–Trinajstić information content (AvgIpc) is 2.37. The van der Waals surface area contributed by atoms with E-state index >= 15 is 0 Å². The van der Waals surface area contributed by atoms with Gasteiger partial charge in [-0.25, -0.2) is 0 Å². The van der Waals surface area contributed by atoms with E-state index < -0.39 is 0 Å². The van der Waals surface area contributed by atoms with E-state index in [0.29, 0.717) is 11.5 Å². The summed E-state index contributed by atoms with van der Waals surface area (Å²) in [6.45, 7) is 4.67. The van der Waals surface area contributed by atoms with Crippen molar-refractivity contribution in [2.75, 3.05) is 13.1 Å². The minimum absolute atomic E-state index is 0.472. The van der Waals surface area contributed by atoms with Crippen LogP contribution in [0.15, 0.2) is 0 Å². The summed E-state index contributed by atoms with van der Waals surface area (Å²) in [5, 5.41) is 3.42. The standard InChI is InChI=1S/C10H20N2/c1-8-2-3-10(9(8)11)4-6-12-7-5-10/h8-9,12H,2-7,11H2,1H3/t8?,9-/m1/s1. The molecule has 70 valence electrons. The van der Waals surface area contributed by atoms with E-state index in [1.54, 1.807) is 0 Å². The van der Waals surface area contributed by atoms with Crippen molar-refractivity contribution in [3.8, 4) is 0 Å². The zero-order valence-electron chi connectivity index (χ0n) is 7.97. The van der Waals surface area contributed by atoms with Crippen LogP contribution >= 0.6 is 0 Å². The monoisotopic (exact) mass is 168 g/mol. The SMILES string of the molecule is CC1CCC2(CCNCC2)[C@@H]1N. The van der Waals surface area contributed by atoms with Crippen LogP contribution in [0.2, 0.25) is 0 Å². The molecule has 2 fully saturated rings. The maximum absolute atomic E-state index is 6.26. The van der Waals surface area contributed by atoms with Crippen molar-refractivity contribution < 1.29 is 0 Å². The lowest BCUT2D eigenvalue weighted by Crippen LogP contribution is -2.46. The van der Waals surface area contributed by atoms with Crippen molar-refractivity contribution in [3.05, 3.63) is 0 Å². The second-order valence-corrected chi connectivity index (χ2v) is 4.65. The highest BCUT2D eigenvalue weighted by molar-refractivity contribution is 5.00. The fraction of sp³-hybridized carbons (Fsp3) is 1.00. The smallest absolute Gasteiger partial charge is 0.0122 e. The lowest BCUT2D eigenvalue weighted by molar-refractivity contribution is 0.173. The van der Waals surface area contributed by atoms with Gasteiger partial charge in [0.25, 0.3) is 0 Å². The highest BCUT2D eigenvalue weighted by Gasteiger charge is 2.44. The molecular formula is C10H20N2. The summed E-state index contributed by atoms with van der Waals surface area (Å²) < 4.78 is 0. The number of nitrogens with one attached hydrogen (secondary N) is 1. The topological polar surface area (TPSA) is 38.0 Å². The molecule has 1 aliphatic carbocycles. The first-order chi connectivity index (χ1) is 5.75. The fourth-order valence-corrected chi connectivity index (χ4v) is 2.97. The molecule has 0 radical (unpaired) electrons. The molecule has 2 rings (SSSR count). The van der Waals surface area contributed by atoms with Crippen molar-refractivity contribution in [1.29, 1.82) is 0 Å². The summed E-state index contributed by atoms with van der Waals surface area (Å²) in [5.41, 5.74) is 6.78. The normalized spacial score (nSPS) is 40.5. The molecule has 2 heteroatoms. The van der Waals surface area contributed by atoms with Crippen LogP contribution in [0.1, 0.15) is 32.6 Å². The first-order valence-corrected chi connectivity index (χ1v) is 5.21.